The Morgan fingerprint density at radius 1 is 1.54 bits per heavy atom. The molecule has 70 valence electrons. The number of carbonyl (C=O) groups is 1. The van der Waals surface area contributed by atoms with Gasteiger partial charge in [-0.2, -0.15) is 0 Å². The van der Waals surface area contributed by atoms with Crippen LogP contribution < -0.4 is 0 Å². The molecule has 0 radical (unpaired) electrons. The molecule has 0 heterocycles. The highest BCUT2D eigenvalue weighted by atomic mass is 35.5. The number of methoxy groups -OCH3 is 1. The molecule has 0 fully saturated rings. The zero-order chi connectivity index (χ0) is 10.0. The maximum atomic E-state index is 13.3. The van der Waals surface area contributed by atoms with Gasteiger partial charge < -0.3 is 4.74 Å². The number of hydrogen-bond donors (Lipinski definition) is 0. The van der Waals surface area contributed by atoms with Crippen LogP contribution in [0.15, 0.2) is 12.1 Å². The molecule has 1 aromatic rings. The molecule has 0 saturated heterocycles. The molecule has 0 amide bonds. The predicted molar refractivity (Wildman–Crippen MR) is 47.5 cm³/mol. The van der Waals surface area contributed by atoms with E-state index < -0.39 is 11.8 Å². The summed E-state index contributed by atoms with van der Waals surface area (Å²) < 4.78 is 17.6. The highest BCUT2D eigenvalue weighted by Crippen LogP contribution is 2.22. The first-order valence-electron chi connectivity index (χ1n) is 3.61. The van der Waals surface area contributed by atoms with Crippen molar-refractivity contribution in [2.45, 2.75) is 6.92 Å². The summed E-state index contributed by atoms with van der Waals surface area (Å²) in [5, 5.41) is -0.0390. The summed E-state index contributed by atoms with van der Waals surface area (Å²) in [4.78, 5) is 11.0. The lowest BCUT2D eigenvalue weighted by atomic mass is 10.1. The van der Waals surface area contributed by atoms with Crippen molar-refractivity contribution in [3.05, 3.63) is 34.1 Å². The lowest BCUT2D eigenvalue weighted by Crippen LogP contribution is -2.05. The SMILES string of the molecule is COC(=O)c1ccc(C)c(Cl)c1F. The first-order valence-corrected chi connectivity index (χ1v) is 3.98. The van der Waals surface area contributed by atoms with Gasteiger partial charge in [0.25, 0.3) is 0 Å². The number of rotatable bonds is 1. The van der Waals surface area contributed by atoms with Crippen molar-refractivity contribution in [3.8, 4) is 0 Å². The van der Waals surface area contributed by atoms with Gasteiger partial charge in [-0.05, 0) is 18.6 Å². The smallest absolute Gasteiger partial charge is 0.340 e. The van der Waals surface area contributed by atoms with Gasteiger partial charge in [0, 0.05) is 0 Å². The number of benzene rings is 1. The van der Waals surface area contributed by atoms with Crippen molar-refractivity contribution in [2.75, 3.05) is 7.11 Å². The molecule has 0 atom stereocenters. The predicted octanol–water partition coefficient (Wildman–Crippen LogP) is 2.57. The first kappa shape index (κ1) is 9.99. The van der Waals surface area contributed by atoms with Crippen LogP contribution in [0.25, 0.3) is 0 Å². The van der Waals surface area contributed by atoms with E-state index in [0.29, 0.717) is 5.56 Å². The van der Waals surface area contributed by atoms with Crippen LogP contribution in [0, 0.1) is 12.7 Å². The summed E-state index contributed by atoms with van der Waals surface area (Å²) in [6.45, 7) is 1.66. The molecule has 0 N–H and O–H groups in total. The number of halogens is 2. The number of esters is 1. The molecule has 1 aromatic carbocycles. The Labute approximate surface area is 80.3 Å². The van der Waals surface area contributed by atoms with Gasteiger partial charge in [0.2, 0.25) is 0 Å². The van der Waals surface area contributed by atoms with Gasteiger partial charge in [-0.3, -0.25) is 0 Å². The van der Waals surface area contributed by atoms with Gasteiger partial charge in [0.1, 0.15) is 0 Å². The van der Waals surface area contributed by atoms with Crippen LogP contribution in [0.3, 0.4) is 0 Å². The lowest BCUT2D eigenvalue weighted by Gasteiger charge is -2.04. The molecule has 0 aliphatic rings. The fourth-order valence-corrected chi connectivity index (χ4v) is 1.08. The maximum absolute atomic E-state index is 13.3. The van der Waals surface area contributed by atoms with E-state index in [4.69, 9.17) is 11.6 Å². The number of carbonyl (C=O) groups excluding carboxylic acids is 1. The van der Waals surface area contributed by atoms with Crippen molar-refractivity contribution in [1.29, 1.82) is 0 Å². The molecule has 4 heteroatoms. The summed E-state index contributed by atoms with van der Waals surface area (Å²) in [5.41, 5.74) is 0.449. The second-order valence-corrected chi connectivity index (χ2v) is 2.93. The van der Waals surface area contributed by atoms with Crippen LogP contribution in [-0.4, -0.2) is 13.1 Å². The fraction of sp³-hybridized carbons (Fsp3) is 0.222. The molecule has 0 aliphatic carbocycles. The molecule has 0 unspecified atom stereocenters. The minimum atomic E-state index is -0.728. The van der Waals surface area contributed by atoms with E-state index in [1.165, 1.54) is 13.2 Å². The van der Waals surface area contributed by atoms with Crippen molar-refractivity contribution < 1.29 is 13.9 Å². The largest absolute Gasteiger partial charge is 0.465 e. The lowest BCUT2D eigenvalue weighted by molar-refractivity contribution is 0.0595. The van der Waals surface area contributed by atoms with Crippen LogP contribution in [0.2, 0.25) is 5.02 Å². The van der Waals surface area contributed by atoms with E-state index in [9.17, 15) is 9.18 Å². The molecule has 1 rings (SSSR count). The van der Waals surface area contributed by atoms with E-state index in [1.807, 2.05) is 0 Å². The third-order valence-corrected chi connectivity index (χ3v) is 2.14. The topological polar surface area (TPSA) is 26.3 Å². The highest BCUT2D eigenvalue weighted by molar-refractivity contribution is 6.31. The van der Waals surface area contributed by atoms with Gasteiger partial charge >= 0.3 is 5.97 Å². The third kappa shape index (κ3) is 1.80. The van der Waals surface area contributed by atoms with E-state index in [2.05, 4.69) is 4.74 Å². The quantitative estimate of drug-likeness (QED) is 0.655. The first-order chi connectivity index (χ1) is 6.07. The highest BCUT2D eigenvalue weighted by Gasteiger charge is 2.15. The van der Waals surface area contributed by atoms with Gasteiger partial charge in [-0.25, -0.2) is 9.18 Å². The zero-order valence-corrected chi connectivity index (χ0v) is 7.98. The standard InChI is InChI=1S/C9H8ClFO2/c1-5-3-4-6(9(12)13-2)8(11)7(5)10/h3-4H,1-2H3. The van der Waals surface area contributed by atoms with Gasteiger partial charge in [-0.15, -0.1) is 0 Å². The summed E-state index contributed by atoms with van der Waals surface area (Å²) in [7, 11) is 1.19. The van der Waals surface area contributed by atoms with E-state index in [-0.39, 0.29) is 10.6 Å². The summed E-state index contributed by atoms with van der Waals surface area (Å²) >= 11 is 5.60. The monoisotopic (exact) mass is 202 g/mol. The van der Waals surface area contributed by atoms with Gasteiger partial charge in [0.15, 0.2) is 5.82 Å². The van der Waals surface area contributed by atoms with Crippen molar-refractivity contribution in [1.82, 2.24) is 0 Å². The average molecular weight is 203 g/mol. The molecule has 13 heavy (non-hydrogen) atoms. The Hall–Kier alpha value is -1.09. The molecule has 0 spiro atoms. The summed E-state index contributed by atoms with van der Waals surface area (Å²) in [6.07, 6.45) is 0. The molecule has 0 bridgehead atoms. The third-order valence-electron chi connectivity index (χ3n) is 1.68. The average Bonchev–Trinajstić information content (AvgIpc) is 2.13. The van der Waals surface area contributed by atoms with Crippen LogP contribution in [0.5, 0.6) is 0 Å². The second kappa shape index (κ2) is 3.75. The molecular weight excluding hydrogens is 195 g/mol. The number of hydrogen-bond acceptors (Lipinski definition) is 2. The normalized spacial score (nSPS) is 9.85. The molecular formula is C9H8ClFO2. The van der Waals surface area contributed by atoms with E-state index >= 15 is 0 Å². The number of ether oxygens (including phenoxy) is 1. The van der Waals surface area contributed by atoms with E-state index in [1.54, 1.807) is 13.0 Å². The maximum Gasteiger partial charge on any atom is 0.340 e. The van der Waals surface area contributed by atoms with Crippen LogP contribution in [0.4, 0.5) is 4.39 Å². The van der Waals surface area contributed by atoms with Crippen LogP contribution >= 0.6 is 11.6 Å². The Bertz CT molecular complexity index is 350. The molecule has 0 saturated carbocycles. The Balaban J connectivity index is 3.26. The Morgan fingerprint density at radius 2 is 2.15 bits per heavy atom. The fourth-order valence-electron chi connectivity index (χ4n) is 0.914. The van der Waals surface area contributed by atoms with Crippen LogP contribution in [-0.2, 0) is 4.74 Å². The van der Waals surface area contributed by atoms with E-state index in [0.717, 1.165) is 0 Å². The molecule has 2 nitrogen and oxygen atoms in total. The number of aryl methyl sites for hydroxylation is 1. The second-order valence-electron chi connectivity index (χ2n) is 2.55. The molecule has 0 aromatic heterocycles. The summed E-state index contributed by atoms with van der Waals surface area (Å²) in [5.74, 6) is -1.45. The summed E-state index contributed by atoms with van der Waals surface area (Å²) in [6, 6.07) is 2.92. The van der Waals surface area contributed by atoms with Gasteiger partial charge in [0.05, 0.1) is 17.7 Å². The zero-order valence-electron chi connectivity index (χ0n) is 7.23. The minimum Gasteiger partial charge on any atom is -0.465 e. The van der Waals surface area contributed by atoms with Gasteiger partial charge in [-0.1, -0.05) is 17.7 Å². The van der Waals surface area contributed by atoms with Crippen LogP contribution in [0.1, 0.15) is 15.9 Å². The Morgan fingerprint density at radius 3 is 2.69 bits per heavy atom. The van der Waals surface area contributed by atoms with Crippen molar-refractivity contribution in [2.24, 2.45) is 0 Å². The van der Waals surface area contributed by atoms with Crippen molar-refractivity contribution in [3.63, 3.8) is 0 Å². The Kier molecular flexibility index (Phi) is 2.88. The minimum absolute atomic E-state index is 0.0390. The molecule has 0 aliphatic heterocycles. The van der Waals surface area contributed by atoms with Crippen molar-refractivity contribution >= 4 is 17.6 Å².